The van der Waals surface area contributed by atoms with Crippen LogP contribution in [-0.4, -0.2) is 24.5 Å². The molecular weight excluding hydrogens is 224 g/mol. The highest BCUT2D eigenvalue weighted by Gasteiger charge is 2.20. The summed E-state index contributed by atoms with van der Waals surface area (Å²) in [6, 6.07) is 11.4. The van der Waals surface area contributed by atoms with Crippen LogP contribution in [0.1, 0.15) is 31.7 Å². The van der Waals surface area contributed by atoms with Gasteiger partial charge < -0.3 is 10.6 Å². The second kappa shape index (κ2) is 6.55. The summed E-state index contributed by atoms with van der Waals surface area (Å²) in [6.45, 7) is 3.10. The molecule has 1 fully saturated rings. The van der Waals surface area contributed by atoms with E-state index in [9.17, 15) is 4.79 Å². The van der Waals surface area contributed by atoms with Gasteiger partial charge in [0.15, 0.2) is 0 Å². The molecule has 98 valence electrons. The van der Waals surface area contributed by atoms with Gasteiger partial charge in [0.05, 0.1) is 0 Å². The predicted molar refractivity (Wildman–Crippen MR) is 73.4 cm³/mol. The number of hydrogen-bond donors (Lipinski definition) is 2. The van der Waals surface area contributed by atoms with Crippen molar-refractivity contribution < 1.29 is 4.79 Å². The summed E-state index contributed by atoms with van der Waals surface area (Å²) in [7, 11) is 0. The Morgan fingerprint density at radius 1 is 1.39 bits per heavy atom. The molecule has 1 saturated heterocycles. The van der Waals surface area contributed by atoms with Crippen molar-refractivity contribution in [2.24, 2.45) is 0 Å². The molecule has 0 aliphatic carbocycles. The fourth-order valence-electron chi connectivity index (χ4n) is 2.30. The standard InChI is InChI=1S/C15H22N2O/c1-12(7-8-13-5-3-2-4-6-13)16-11-14-9-10-15(18)17-14/h2-6,12,14,16H,7-11H2,1H3,(H,17,18). The first-order chi connectivity index (χ1) is 8.74. The SMILES string of the molecule is CC(CCc1ccccc1)NCC1CCC(=O)N1. The Morgan fingerprint density at radius 3 is 2.83 bits per heavy atom. The Morgan fingerprint density at radius 2 is 2.17 bits per heavy atom. The van der Waals surface area contributed by atoms with Crippen LogP contribution in [-0.2, 0) is 11.2 Å². The average Bonchev–Trinajstić information content (AvgIpc) is 2.81. The second-order valence-corrected chi connectivity index (χ2v) is 5.14. The molecule has 0 spiro atoms. The minimum Gasteiger partial charge on any atom is -0.352 e. The zero-order valence-corrected chi connectivity index (χ0v) is 11.0. The topological polar surface area (TPSA) is 41.1 Å². The molecule has 2 atom stereocenters. The van der Waals surface area contributed by atoms with Crippen LogP contribution >= 0.6 is 0 Å². The summed E-state index contributed by atoms with van der Waals surface area (Å²) in [5.74, 6) is 0.193. The fraction of sp³-hybridized carbons (Fsp3) is 0.533. The Bertz CT molecular complexity index is 377. The van der Waals surface area contributed by atoms with Gasteiger partial charge in [-0.05, 0) is 31.7 Å². The van der Waals surface area contributed by atoms with Crippen LogP contribution < -0.4 is 10.6 Å². The van der Waals surface area contributed by atoms with Gasteiger partial charge in [0, 0.05) is 25.0 Å². The van der Waals surface area contributed by atoms with Crippen LogP contribution in [0.2, 0.25) is 0 Å². The summed E-state index contributed by atoms with van der Waals surface area (Å²) >= 11 is 0. The van der Waals surface area contributed by atoms with Crippen LogP contribution in [0.4, 0.5) is 0 Å². The number of nitrogens with one attached hydrogen (secondary N) is 2. The van der Waals surface area contributed by atoms with E-state index >= 15 is 0 Å². The van der Waals surface area contributed by atoms with Crippen molar-refractivity contribution in [3.8, 4) is 0 Å². The van der Waals surface area contributed by atoms with Crippen LogP contribution in [0, 0.1) is 0 Å². The van der Waals surface area contributed by atoms with E-state index in [1.807, 2.05) is 6.07 Å². The first-order valence-electron chi connectivity index (χ1n) is 6.80. The molecule has 2 N–H and O–H groups in total. The summed E-state index contributed by atoms with van der Waals surface area (Å²) in [5, 5.41) is 6.48. The molecule has 1 aromatic carbocycles. The Balaban J connectivity index is 1.63. The molecule has 0 saturated carbocycles. The van der Waals surface area contributed by atoms with Crippen LogP contribution in [0.3, 0.4) is 0 Å². The number of carbonyl (C=O) groups excluding carboxylic acids is 1. The molecule has 1 heterocycles. The predicted octanol–water partition coefficient (Wildman–Crippen LogP) is 1.88. The van der Waals surface area contributed by atoms with Gasteiger partial charge in [-0.25, -0.2) is 0 Å². The summed E-state index contributed by atoms with van der Waals surface area (Å²) in [4.78, 5) is 11.1. The molecule has 3 nitrogen and oxygen atoms in total. The molecular formula is C15H22N2O. The molecule has 0 bridgehead atoms. The lowest BCUT2D eigenvalue weighted by Crippen LogP contribution is -2.39. The van der Waals surface area contributed by atoms with Gasteiger partial charge in [-0.1, -0.05) is 30.3 Å². The number of rotatable bonds is 6. The largest absolute Gasteiger partial charge is 0.352 e. The summed E-state index contributed by atoms with van der Waals surface area (Å²) in [5.41, 5.74) is 1.39. The van der Waals surface area contributed by atoms with Crippen molar-refractivity contribution in [2.75, 3.05) is 6.54 Å². The Labute approximate surface area is 109 Å². The van der Waals surface area contributed by atoms with Crippen molar-refractivity contribution >= 4 is 5.91 Å². The highest BCUT2D eigenvalue weighted by molar-refractivity contribution is 5.78. The van der Waals surface area contributed by atoms with E-state index in [0.29, 0.717) is 18.5 Å². The third-order valence-electron chi connectivity index (χ3n) is 3.51. The number of hydrogen-bond acceptors (Lipinski definition) is 2. The van der Waals surface area contributed by atoms with Gasteiger partial charge in [0.2, 0.25) is 5.91 Å². The Kier molecular flexibility index (Phi) is 4.76. The van der Waals surface area contributed by atoms with Crippen molar-refractivity contribution in [3.63, 3.8) is 0 Å². The lowest BCUT2D eigenvalue weighted by atomic mass is 10.1. The quantitative estimate of drug-likeness (QED) is 0.804. The van der Waals surface area contributed by atoms with E-state index in [-0.39, 0.29) is 5.91 Å². The second-order valence-electron chi connectivity index (χ2n) is 5.14. The van der Waals surface area contributed by atoms with Crippen molar-refractivity contribution in [2.45, 2.75) is 44.7 Å². The minimum atomic E-state index is 0.193. The lowest BCUT2D eigenvalue weighted by molar-refractivity contribution is -0.119. The van der Waals surface area contributed by atoms with Crippen molar-refractivity contribution in [1.82, 2.24) is 10.6 Å². The molecule has 3 heteroatoms. The van der Waals surface area contributed by atoms with Crippen LogP contribution in [0.5, 0.6) is 0 Å². The van der Waals surface area contributed by atoms with Crippen molar-refractivity contribution in [1.29, 1.82) is 0 Å². The third-order valence-corrected chi connectivity index (χ3v) is 3.51. The van der Waals surface area contributed by atoms with Crippen LogP contribution in [0.15, 0.2) is 30.3 Å². The maximum Gasteiger partial charge on any atom is 0.220 e. The molecule has 0 aromatic heterocycles. The number of benzene rings is 1. The van der Waals surface area contributed by atoms with E-state index in [0.717, 1.165) is 25.8 Å². The van der Waals surface area contributed by atoms with E-state index in [4.69, 9.17) is 0 Å². The first kappa shape index (κ1) is 13.1. The number of amides is 1. The molecule has 0 radical (unpaired) electrons. The number of carbonyl (C=O) groups is 1. The van der Waals surface area contributed by atoms with Gasteiger partial charge in [0.1, 0.15) is 0 Å². The maximum atomic E-state index is 11.1. The van der Waals surface area contributed by atoms with E-state index < -0.39 is 0 Å². The zero-order valence-electron chi connectivity index (χ0n) is 11.0. The highest BCUT2D eigenvalue weighted by atomic mass is 16.1. The van der Waals surface area contributed by atoms with Gasteiger partial charge in [-0.3, -0.25) is 4.79 Å². The minimum absolute atomic E-state index is 0.193. The van der Waals surface area contributed by atoms with E-state index in [1.54, 1.807) is 0 Å². The van der Waals surface area contributed by atoms with Gasteiger partial charge >= 0.3 is 0 Å². The molecule has 1 aliphatic rings. The number of aryl methyl sites for hydroxylation is 1. The molecule has 1 amide bonds. The zero-order chi connectivity index (χ0) is 12.8. The van der Waals surface area contributed by atoms with Gasteiger partial charge in [0.25, 0.3) is 0 Å². The molecule has 2 unspecified atom stereocenters. The van der Waals surface area contributed by atoms with E-state index in [2.05, 4.69) is 41.8 Å². The molecule has 2 rings (SSSR count). The Hall–Kier alpha value is -1.35. The monoisotopic (exact) mass is 246 g/mol. The molecule has 1 aromatic rings. The smallest absolute Gasteiger partial charge is 0.220 e. The lowest BCUT2D eigenvalue weighted by Gasteiger charge is -2.17. The normalized spacial score (nSPS) is 20.7. The van der Waals surface area contributed by atoms with Crippen LogP contribution in [0.25, 0.3) is 0 Å². The highest BCUT2D eigenvalue weighted by Crippen LogP contribution is 2.07. The first-order valence-corrected chi connectivity index (χ1v) is 6.80. The average molecular weight is 246 g/mol. The van der Waals surface area contributed by atoms with Crippen molar-refractivity contribution in [3.05, 3.63) is 35.9 Å². The summed E-state index contributed by atoms with van der Waals surface area (Å²) in [6.07, 6.45) is 3.89. The molecule has 1 aliphatic heterocycles. The van der Waals surface area contributed by atoms with Gasteiger partial charge in [-0.15, -0.1) is 0 Å². The van der Waals surface area contributed by atoms with E-state index in [1.165, 1.54) is 5.56 Å². The van der Waals surface area contributed by atoms with Gasteiger partial charge in [-0.2, -0.15) is 0 Å². The fourth-order valence-corrected chi connectivity index (χ4v) is 2.30. The maximum absolute atomic E-state index is 11.1. The molecule has 18 heavy (non-hydrogen) atoms. The summed E-state index contributed by atoms with van der Waals surface area (Å²) < 4.78 is 0. The third kappa shape index (κ3) is 4.15.